The first-order valence-corrected chi connectivity index (χ1v) is 19.2. The Morgan fingerprint density at radius 1 is 0.525 bits per heavy atom. The van der Waals surface area contributed by atoms with Crippen molar-refractivity contribution in [1.29, 1.82) is 0 Å². The van der Waals surface area contributed by atoms with Crippen LogP contribution in [0.2, 0.25) is 0 Å². The van der Waals surface area contributed by atoms with Gasteiger partial charge in [0.05, 0.1) is 6.10 Å². The highest BCUT2D eigenvalue weighted by molar-refractivity contribution is 5.03. The van der Waals surface area contributed by atoms with Crippen LogP contribution in [0, 0.1) is 82.9 Å². The molecule has 0 aromatic rings. The zero-order valence-corrected chi connectivity index (χ0v) is 27.2. The lowest BCUT2D eigenvalue weighted by Crippen LogP contribution is -2.53. The maximum Gasteiger partial charge on any atom is 0.0546 e. The summed E-state index contributed by atoms with van der Waals surface area (Å²) in [5.41, 5.74) is 0. The minimum absolute atomic E-state index is 0.0148. The highest BCUT2D eigenvalue weighted by Gasteiger charge is 2.54. The molecule has 1 heteroatoms. The summed E-state index contributed by atoms with van der Waals surface area (Å²) in [6, 6.07) is 0. The zero-order chi connectivity index (χ0) is 27.8. The second-order valence-electron chi connectivity index (χ2n) is 17.1. The van der Waals surface area contributed by atoms with Crippen molar-refractivity contribution >= 4 is 0 Å². The maximum absolute atomic E-state index is 11.1. The lowest BCUT2D eigenvalue weighted by Gasteiger charge is -2.59. The first-order chi connectivity index (χ1) is 19.5. The van der Waals surface area contributed by atoms with Crippen LogP contribution in [-0.2, 0) is 0 Å². The van der Waals surface area contributed by atoms with Gasteiger partial charge in [-0.2, -0.15) is 0 Å². The molecule has 6 fully saturated rings. The van der Waals surface area contributed by atoms with Gasteiger partial charge in [-0.3, -0.25) is 0 Å². The molecule has 0 radical (unpaired) electrons. The number of hydrogen-bond acceptors (Lipinski definition) is 1. The van der Waals surface area contributed by atoms with Gasteiger partial charge in [-0.05, 0) is 147 Å². The van der Waals surface area contributed by atoms with Crippen LogP contribution < -0.4 is 0 Å². The van der Waals surface area contributed by atoms with Gasteiger partial charge in [0, 0.05) is 0 Å². The highest BCUT2D eigenvalue weighted by atomic mass is 16.3. The molecular weight excluding hydrogens is 484 g/mol. The van der Waals surface area contributed by atoms with Gasteiger partial charge < -0.3 is 5.11 Å². The van der Waals surface area contributed by atoms with Crippen molar-refractivity contribution in [2.75, 3.05) is 0 Å². The number of fused-ring (bicyclic) bond motifs is 2. The summed E-state index contributed by atoms with van der Waals surface area (Å²) in [4.78, 5) is 0. The first-order valence-electron chi connectivity index (χ1n) is 19.2. The highest BCUT2D eigenvalue weighted by Crippen LogP contribution is 2.61. The average Bonchev–Trinajstić information content (AvgIpc) is 2.99. The van der Waals surface area contributed by atoms with Crippen LogP contribution in [0.15, 0.2) is 0 Å². The summed E-state index contributed by atoms with van der Waals surface area (Å²) in [5, 5.41) is 11.1. The smallest absolute Gasteiger partial charge is 0.0546 e. The third kappa shape index (κ3) is 5.87. The normalized spacial score (nSPS) is 47.9. The minimum Gasteiger partial charge on any atom is -0.393 e. The summed E-state index contributed by atoms with van der Waals surface area (Å²) in [7, 11) is 0. The molecule has 0 saturated heterocycles. The summed E-state index contributed by atoms with van der Waals surface area (Å²) >= 11 is 0. The van der Waals surface area contributed by atoms with E-state index in [0.717, 1.165) is 95.7 Å². The second-order valence-corrected chi connectivity index (χ2v) is 17.1. The third-order valence-electron chi connectivity index (χ3n) is 15.2. The monoisotopic (exact) mass is 553 g/mol. The largest absolute Gasteiger partial charge is 0.393 e. The van der Waals surface area contributed by atoms with Gasteiger partial charge >= 0.3 is 0 Å². The Labute approximate surface area is 249 Å². The Bertz CT molecular complexity index is 750. The fourth-order valence-corrected chi connectivity index (χ4v) is 13.7. The molecule has 0 bridgehead atoms. The quantitative estimate of drug-likeness (QED) is 0.347. The molecule has 0 aromatic heterocycles. The summed E-state index contributed by atoms with van der Waals surface area (Å²) in [6.07, 6.45) is 29.1. The number of aliphatic hydroxyl groups is 1. The van der Waals surface area contributed by atoms with Crippen molar-refractivity contribution in [2.45, 2.75) is 162 Å². The van der Waals surface area contributed by atoms with Crippen molar-refractivity contribution in [3.63, 3.8) is 0 Å². The lowest BCUT2D eigenvalue weighted by molar-refractivity contribution is -0.108. The Hall–Kier alpha value is -0.0400. The van der Waals surface area contributed by atoms with E-state index in [1.54, 1.807) is 25.7 Å². The van der Waals surface area contributed by atoms with Crippen molar-refractivity contribution in [3.05, 3.63) is 0 Å². The molecule has 40 heavy (non-hydrogen) atoms. The van der Waals surface area contributed by atoms with E-state index in [0.29, 0.717) is 0 Å². The van der Waals surface area contributed by atoms with E-state index >= 15 is 0 Å². The van der Waals surface area contributed by atoms with Gasteiger partial charge in [-0.1, -0.05) is 91.9 Å². The molecule has 1 nitrogen and oxygen atoms in total. The average molecular weight is 553 g/mol. The maximum atomic E-state index is 11.1. The van der Waals surface area contributed by atoms with Gasteiger partial charge in [0.1, 0.15) is 0 Å². The van der Waals surface area contributed by atoms with E-state index < -0.39 is 0 Å². The van der Waals surface area contributed by atoms with Crippen LogP contribution in [0.5, 0.6) is 0 Å². The van der Waals surface area contributed by atoms with Crippen LogP contribution in [0.1, 0.15) is 156 Å². The van der Waals surface area contributed by atoms with Crippen LogP contribution in [0.25, 0.3) is 0 Å². The molecule has 230 valence electrons. The lowest BCUT2D eigenvalue weighted by atomic mass is 9.46. The molecule has 0 aromatic carbocycles. The SMILES string of the molecule is CCC1C(C2CCCCC2)CC(O)CC1C1CCC(C(C)C2C3CCCCC3C(C(C)C)C3CCCCC32)CC1. The van der Waals surface area contributed by atoms with E-state index in [4.69, 9.17) is 0 Å². The first kappa shape index (κ1) is 30.0. The van der Waals surface area contributed by atoms with Crippen molar-refractivity contribution in [1.82, 2.24) is 0 Å². The predicted octanol–water partition coefficient (Wildman–Crippen LogP) is 10.9. The van der Waals surface area contributed by atoms with E-state index in [1.807, 2.05) is 0 Å². The van der Waals surface area contributed by atoms with Gasteiger partial charge in [0.25, 0.3) is 0 Å². The molecule has 1 N–H and O–H groups in total. The van der Waals surface area contributed by atoms with Crippen molar-refractivity contribution < 1.29 is 5.11 Å². The molecule has 6 aliphatic rings. The van der Waals surface area contributed by atoms with Crippen LogP contribution in [0.4, 0.5) is 0 Å². The molecule has 9 atom stereocenters. The third-order valence-corrected chi connectivity index (χ3v) is 15.2. The molecule has 0 amide bonds. The Kier molecular flexibility index (Phi) is 9.98. The molecule has 0 spiro atoms. The van der Waals surface area contributed by atoms with Gasteiger partial charge in [-0.25, -0.2) is 0 Å². The Balaban J connectivity index is 1.14. The van der Waals surface area contributed by atoms with E-state index in [1.165, 1.54) is 89.9 Å². The fraction of sp³-hybridized carbons (Fsp3) is 1.00. The molecular formula is C39H68O. The number of hydrogen-bond donors (Lipinski definition) is 1. The second kappa shape index (κ2) is 13.3. The number of rotatable bonds is 6. The fourth-order valence-electron chi connectivity index (χ4n) is 13.7. The van der Waals surface area contributed by atoms with Crippen LogP contribution >= 0.6 is 0 Å². The zero-order valence-electron chi connectivity index (χ0n) is 27.2. The van der Waals surface area contributed by atoms with Crippen molar-refractivity contribution in [2.24, 2.45) is 82.9 Å². The minimum atomic E-state index is -0.0148. The molecule has 6 rings (SSSR count). The summed E-state index contributed by atoms with van der Waals surface area (Å²) < 4.78 is 0. The summed E-state index contributed by atoms with van der Waals surface area (Å²) in [6.45, 7) is 10.4. The molecule has 6 aliphatic carbocycles. The van der Waals surface area contributed by atoms with Gasteiger partial charge in [0.2, 0.25) is 0 Å². The Morgan fingerprint density at radius 2 is 0.975 bits per heavy atom. The van der Waals surface area contributed by atoms with Gasteiger partial charge in [0.15, 0.2) is 0 Å². The topological polar surface area (TPSA) is 20.2 Å². The molecule has 0 heterocycles. The van der Waals surface area contributed by atoms with Crippen molar-refractivity contribution in [3.8, 4) is 0 Å². The van der Waals surface area contributed by atoms with Gasteiger partial charge in [-0.15, -0.1) is 0 Å². The van der Waals surface area contributed by atoms with Crippen LogP contribution in [-0.4, -0.2) is 11.2 Å². The van der Waals surface area contributed by atoms with Crippen LogP contribution in [0.3, 0.4) is 0 Å². The Morgan fingerprint density at radius 3 is 1.45 bits per heavy atom. The predicted molar refractivity (Wildman–Crippen MR) is 170 cm³/mol. The van der Waals surface area contributed by atoms with E-state index in [9.17, 15) is 5.11 Å². The van der Waals surface area contributed by atoms with E-state index in [-0.39, 0.29) is 6.10 Å². The number of aliphatic hydroxyl groups excluding tert-OH is 1. The molecule has 6 saturated carbocycles. The van der Waals surface area contributed by atoms with E-state index in [2.05, 4.69) is 27.7 Å². The molecule has 9 unspecified atom stereocenters. The molecule has 0 aliphatic heterocycles. The summed E-state index contributed by atoms with van der Waals surface area (Å²) in [5.74, 6) is 13.4. The standard InChI is InChI=1S/C39H68O/c1-5-31-36(28-13-7-6-8-14-28)23-30(40)24-37(31)29-21-19-27(20-22-29)26(4)39-34-17-11-9-15-32(34)38(25(2)3)33-16-10-12-18-35(33)39/h25-40H,5-24H2,1-4H3.